The fourth-order valence-electron chi connectivity index (χ4n) is 4.39. The molecule has 0 bridgehead atoms. The molecule has 0 amide bonds. The number of ether oxygens (including phenoxy) is 1. The summed E-state index contributed by atoms with van der Waals surface area (Å²) < 4.78 is 5.95. The van der Waals surface area contributed by atoms with Gasteiger partial charge in [0.15, 0.2) is 0 Å². The van der Waals surface area contributed by atoms with Crippen LogP contribution in [0.1, 0.15) is 44.1 Å². The van der Waals surface area contributed by atoms with Crippen LogP contribution in [-0.2, 0) is 6.42 Å². The molecule has 33 heavy (non-hydrogen) atoms. The highest BCUT2D eigenvalue weighted by Crippen LogP contribution is 2.29. The first-order valence-corrected chi connectivity index (χ1v) is 12.0. The highest BCUT2D eigenvalue weighted by molar-refractivity contribution is 6.31. The van der Waals surface area contributed by atoms with Gasteiger partial charge in [0.05, 0.1) is 11.7 Å². The molecule has 1 N–H and O–H groups in total. The predicted octanol–water partition coefficient (Wildman–Crippen LogP) is 6.01. The van der Waals surface area contributed by atoms with E-state index in [0.29, 0.717) is 6.10 Å². The molecule has 0 aromatic heterocycles. The normalized spacial score (nSPS) is 17.9. The van der Waals surface area contributed by atoms with Gasteiger partial charge in [-0.2, -0.15) is 0 Å². The number of nitrogens with zero attached hydrogens (tertiary/aromatic N) is 2. The zero-order valence-corrected chi connectivity index (χ0v) is 21.8. The van der Waals surface area contributed by atoms with Gasteiger partial charge in [0.2, 0.25) is 0 Å². The van der Waals surface area contributed by atoms with Crippen molar-refractivity contribution < 1.29 is 9.84 Å². The van der Waals surface area contributed by atoms with Crippen molar-refractivity contribution >= 4 is 42.1 Å². The summed E-state index contributed by atoms with van der Waals surface area (Å²) in [5, 5.41) is 11.9. The van der Waals surface area contributed by atoms with E-state index in [1.807, 2.05) is 18.2 Å². The number of anilines is 1. The van der Waals surface area contributed by atoms with Crippen LogP contribution < -0.4 is 9.64 Å². The Hall–Kier alpha value is -1.17. The molecule has 2 fully saturated rings. The number of rotatable bonds is 9. The van der Waals surface area contributed by atoms with Crippen molar-refractivity contribution in [2.24, 2.45) is 0 Å². The summed E-state index contributed by atoms with van der Waals surface area (Å²) in [7, 11) is 2.10. The van der Waals surface area contributed by atoms with Gasteiger partial charge >= 0.3 is 0 Å². The lowest BCUT2D eigenvalue weighted by Crippen LogP contribution is -2.46. The van der Waals surface area contributed by atoms with Crippen molar-refractivity contribution in [3.8, 4) is 5.75 Å². The van der Waals surface area contributed by atoms with Crippen molar-refractivity contribution in [3.05, 3.63) is 59.1 Å². The molecule has 0 unspecified atom stereocenters. The number of benzene rings is 2. The molecule has 4 rings (SSSR count). The molecule has 1 saturated heterocycles. The Bertz CT molecular complexity index is 838. The molecule has 1 aliphatic heterocycles. The molecule has 1 aliphatic carbocycles. The van der Waals surface area contributed by atoms with Crippen LogP contribution in [0, 0.1) is 0 Å². The molecular formula is C26H37Cl3N2O2. The van der Waals surface area contributed by atoms with Gasteiger partial charge in [-0.1, -0.05) is 29.8 Å². The standard InChI is InChI=1S/C26H35ClN2O2.2ClH/c1-28(22-9-11-24(12-10-22)31-23-6-4-7-23)18-14-26(30)15-19-29(20-16-26)17-13-21-5-2-3-8-25(21)27;;/h2-3,5,8-12,23,30H,4,6-7,13-20H2,1H3;2*1H. The fourth-order valence-corrected chi connectivity index (χ4v) is 4.62. The minimum Gasteiger partial charge on any atom is -0.490 e. The van der Waals surface area contributed by atoms with Gasteiger partial charge in [0, 0.05) is 43.9 Å². The van der Waals surface area contributed by atoms with Gasteiger partial charge in [0.1, 0.15) is 5.75 Å². The van der Waals surface area contributed by atoms with E-state index < -0.39 is 5.60 Å². The van der Waals surface area contributed by atoms with E-state index in [1.54, 1.807) is 0 Å². The Balaban J connectivity index is 0.00000193. The Morgan fingerprint density at radius 3 is 2.33 bits per heavy atom. The van der Waals surface area contributed by atoms with Crippen molar-refractivity contribution in [2.45, 2.75) is 56.7 Å². The van der Waals surface area contributed by atoms with Crippen LogP contribution in [0.2, 0.25) is 5.02 Å². The molecule has 2 aliphatic rings. The summed E-state index contributed by atoms with van der Waals surface area (Å²) in [6.45, 7) is 3.73. The smallest absolute Gasteiger partial charge is 0.119 e. The number of hydrogen-bond acceptors (Lipinski definition) is 4. The Labute approximate surface area is 216 Å². The second-order valence-corrected chi connectivity index (χ2v) is 9.65. The quantitative estimate of drug-likeness (QED) is 0.443. The van der Waals surface area contributed by atoms with Crippen LogP contribution in [-0.4, -0.2) is 54.9 Å². The second-order valence-electron chi connectivity index (χ2n) is 9.24. The van der Waals surface area contributed by atoms with Gasteiger partial charge in [-0.15, -0.1) is 24.8 Å². The Morgan fingerprint density at radius 2 is 1.73 bits per heavy atom. The summed E-state index contributed by atoms with van der Waals surface area (Å²) in [6, 6.07) is 16.4. The highest BCUT2D eigenvalue weighted by atomic mass is 35.5. The van der Waals surface area contributed by atoms with Crippen LogP contribution in [0.3, 0.4) is 0 Å². The van der Waals surface area contributed by atoms with Crippen molar-refractivity contribution in [1.29, 1.82) is 0 Å². The average molecular weight is 516 g/mol. The summed E-state index contributed by atoms with van der Waals surface area (Å²) >= 11 is 6.28. The molecule has 0 atom stereocenters. The van der Waals surface area contributed by atoms with Crippen LogP contribution in [0.5, 0.6) is 5.75 Å². The number of hydrogen-bond donors (Lipinski definition) is 1. The first-order valence-electron chi connectivity index (χ1n) is 11.7. The lowest BCUT2D eigenvalue weighted by molar-refractivity contribution is -0.0254. The lowest BCUT2D eigenvalue weighted by atomic mass is 9.88. The van der Waals surface area contributed by atoms with Crippen LogP contribution in [0.4, 0.5) is 5.69 Å². The third kappa shape index (κ3) is 7.93. The largest absolute Gasteiger partial charge is 0.490 e. The van der Waals surface area contributed by atoms with Gasteiger partial charge in [0.25, 0.3) is 0 Å². The molecule has 0 spiro atoms. The number of halogens is 3. The summed E-state index contributed by atoms with van der Waals surface area (Å²) in [5.74, 6) is 0.963. The maximum Gasteiger partial charge on any atom is 0.119 e. The van der Waals surface area contributed by atoms with E-state index >= 15 is 0 Å². The van der Waals surface area contributed by atoms with E-state index in [0.717, 1.165) is 62.6 Å². The van der Waals surface area contributed by atoms with E-state index in [2.05, 4.69) is 47.2 Å². The van der Waals surface area contributed by atoms with Crippen LogP contribution >= 0.6 is 36.4 Å². The molecule has 1 saturated carbocycles. The number of piperidine rings is 1. The molecule has 2 aromatic carbocycles. The topological polar surface area (TPSA) is 35.9 Å². The number of likely N-dealkylation sites (tertiary alicyclic amines) is 1. The van der Waals surface area contributed by atoms with Crippen LogP contribution in [0.15, 0.2) is 48.5 Å². The van der Waals surface area contributed by atoms with Gasteiger partial charge < -0.3 is 19.6 Å². The molecule has 2 aromatic rings. The van der Waals surface area contributed by atoms with E-state index in [9.17, 15) is 5.11 Å². The summed E-state index contributed by atoms with van der Waals surface area (Å²) in [4.78, 5) is 4.68. The maximum absolute atomic E-state index is 11.1. The first-order chi connectivity index (χ1) is 15.0. The van der Waals surface area contributed by atoms with Gasteiger partial charge in [-0.05, 0) is 80.8 Å². The monoisotopic (exact) mass is 514 g/mol. The van der Waals surface area contributed by atoms with Crippen LogP contribution in [0.25, 0.3) is 0 Å². The highest BCUT2D eigenvalue weighted by Gasteiger charge is 2.32. The lowest BCUT2D eigenvalue weighted by Gasteiger charge is -2.39. The molecule has 184 valence electrons. The third-order valence-electron chi connectivity index (χ3n) is 6.99. The summed E-state index contributed by atoms with van der Waals surface area (Å²) in [6.07, 6.45) is 7.47. The minimum absolute atomic E-state index is 0. The number of aliphatic hydroxyl groups is 1. The van der Waals surface area contributed by atoms with E-state index in [-0.39, 0.29) is 24.8 Å². The molecule has 1 heterocycles. The van der Waals surface area contributed by atoms with E-state index in [1.165, 1.54) is 30.5 Å². The van der Waals surface area contributed by atoms with Crippen molar-refractivity contribution in [2.75, 3.05) is 38.1 Å². The SMILES string of the molecule is CN(CCC1(O)CCN(CCc2ccccc2Cl)CC1)c1ccc(OC2CCC2)cc1.Cl.Cl. The van der Waals surface area contributed by atoms with Crippen molar-refractivity contribution in [1.82, 2.24) is 4.90 Å². The fraction of sp³-hybridized carbons (Fsp3) is 0.538. The van der Waals surface area contributed by atoms with E-state index in [4.69, 9.17) is 16.3 Å². The minimum atomic E-state index is -0.567. The maximum atomic E-state index is 11.1. The first kappa shape index (κ1) is 28.1. The summed E-state index contributed by atoms with van der Waals surface area (Å²) in [5.41, 5.74) is 1.81. The Kier molecular flexibility index (Phi) is 11.1. The molecule has 7 heteroatoms. The molecule has 4 nitrogen and oxygen atoms in total. The predicted molar refractivity (Wildman–Crippen MR) is 143 cm³/mol. The zero-order chi connectivity index (χ0) is 21.7. The molecule has 0 radical (unpaired) electrons. The zero-order valence-electron chi connectivity index (χ0n) is 19.4. The average Bonchev–Trinajstić information content (AvgIpc) is 2.76. The van der Waals surface area contributed by atoms with Crippen molar-refractivity contribution in [3.63, 3.8) is 0 Å². The molecular weight excluding hydrogens is 479 g/mol. The van der Waals surface area contributed by atoms with Gasteiger partial charge in [-0.25, -0.2) is 0 Å². The Morgan fingerprint density at radius 1 is 1.06 bits per heavy atom. The third-order valence-corrected chi connectivity index (χ3v) is 7.36. The van der Waals surface area contributed by atoms with Gasteiger partial charge in [-0.3, -0.25) is 0 Å². The second kappa shape index (κ2) is 13.1.